The summed E-state index contributed by atoms with van der Waals surface area (Å²) in [7, 11) is 0. The number of hydrogen-bond acceptors (Lipinski definition) is 3. The van der Waals surface area contributed by atoms with Crippen LogP contribution in [0.2, 0.25) is 0 Å². The lowest BCUT2D eigenvalue weighted by Crippen LogP contribution is -2.53. The van der Waals surface area contributed by atoms with Gasteiger partial charge in [-0.25, -0.2) is 4.79 Å². The van der Waals surface area contributed by atoms with Crippen LogP contribution in [0, 0.1) is 5.41 Å². The van der Waals surface area contributed by atoms with Crippen molar-refractivity contribution >= 4 is 6.03 Å². The molecule has 1 heterocycles. The fraction of sp³-hybridized carbons (Fsp3) is 0.933. The molecule has 2 fully saturated rings. The van der Waals surface area contributed by atoms with Gasteiger partial charge in [-0.05, 0) is 31.6 Å². The van der Waals surface area contributed by atoms with Crippen LogP contribution < -0.4 is 5.32 Å². The third-order valence-corrected chi connectivity index (χ3v) is 4.23. The summed E-state index contributed by atoms with van der Waals surface area (Å²) in [5, 5.41) is 12.5. The van der Waals surface area contributed by atoms with Gasteiger partial charge in [0.1, 0.15) is 0 Å². The average Bonchev–Trinajstić information content (AvgIpc) is 3.19. The number of rotatable bonds is 5. The molecule has 0 aromatic rings. The number of aliphatic hydroxyl groups is 1. The summed E-state index contributed by atoms with van der Waals surface area (Å²) in [5.41, 5.74) is -0.0698. The normalized spacial score (nSPS) is 22.7. The number of carbonyl (C=O) groups is 1. The summed E-state index contributed by atoms with van der Waals surface area (Å²) in [6.45, 7) is 10.2. The number of piperazine rings is 1. The standard InChI is InChI=1S/C15H29N3O2/c1-12(19)10-15(2,3)11-16-14(20)18-8-6-17(7-9-18)13-4-5-13/h12-13,19H,4-11H2,1-3H3,(H,16,20). The van der Waals surface area contributed by atoms with Crippen LogP contribution in [0.3, 0.4) is 0 Å². The van der Waals surface area contributed by atoms with Gasteiger partial charge in [-0.1, -0.05) is 13.8 Å². The predicted octanol–water partition coefficient (Wildman–Crippen LogP) is 1.27. The maximum atomic E-state index is 12.2. The molecule has 5 nitrogen and oxygen atoms in total. The molecule has 2 N–H and O–H groups in total. The number of amides is 2. The predicted molar refractivity (Wildman–Crippen MR) is 79.6 cm³/mol. The minimum absolute atomic E-state index is 0.0408. The highest BCUT2D eigenvalue weighted by atomic mass is 16.3. The van der Waals surface area contributed by atoms with Crippen molar-refractivity contribution in [3.05, 3.63) is 0 Å². The summed E-state index contributed by atoms with van der Waals surface area (Å²) >= 11 is 0. The maximum Gasteiger partial charge on any atom is 0.317 e. The lowest BCUT2D eigenvalue weighted by Gasteiger charge is -2.35. The second-order valence-electron chi connectivity index (χ2n) is 7.13. The lowest BCUT2D eigenvalue weighted by atomic mass is 9.87. The van der Waals surface area contributed by atoms with Gasteiger partial charge in [-0.15, -0.1) is 0 Å². The van der Waals surface area contributed by atoms with E-state index in [9.17, 15) is 9.90 Å². The van der Waals surface area contributed by atoms with E-state index in [0.29, 0.717) is 13.0 Å². The van der Waals surface area contributed by atoms with Gasteiger partial charge in [0.2, 0.25) is 0 Å². The number of nitrogens with zero attached hydrogens (tertiary/aromatic N) is 2. The van der Waals surface area contributed by atoms with Crippen LogP contribution in [0.25, 0.3) is 0 Å². The van der Waals surface area contributed by atoms with E-state index in [4.69, 9.17) is 0 Å². The molecule has 1 aliphatic carbocycles. The molecule has 1 aliphatic heterocycles. The zero-order valence-corrected chi connectivity index (χ0v) is 13.1. The van der Waals surface area contributed by atoms with Crippen LogP contribution in [0.15, 0.2) is 0 Å². The molecular weight excluding hydrogens is 254 g/mol. The van der Waals surface area contributed by atoms with E-state index in [-0.39, 0.29) is 17.6 Å². The van der Waals surface area contributed by atoms with Crippen molar-refractivity contribution in [1.82, 2.24) is 15.1 Å². The SMILES string of the molecule is CC(O)CC(C)(C)CNC(=O)N1CCN(C2CC2)CC1. The second-order valence-corrected chi connectivity index (χ2v) is 7.13. The molecule has 1 unspecified atom stereocenters. The zero-order valence-electron chi connectivity index (χ0n) is 13.1. The molecule has 1 saturated heterocycles. The summed E-state index contributed by atoms with van der Waals surface area (Å²) in [5.74, 6) is 0. The Morgan fingerprint density at radius 1 is 1.30 bits per heavy atom. The van der Waals surface area contributed by atoms with Gasteiger partial charge < -0.3 is 15.3 Å². The van der Waals surface area contributed by atoms with Gasteiger partial charge in [0.15, 0.2) is 0 Å². The Hall–Kier alpha value is -0.810. The van der Waals surface area contributed by atoms with Crippen molar-refractivity contribution in [2.45, 2.75) is 52.2 Å². The van der Waals surface area contributed by atoms with Crippen LogP contribution in [-0.2, 0) is 0 Å². The molecule has 0 bridgehead atoms. The van der Waals surface area contributed by atoms with Crippen molar-refractivity contribution in [3.63, 3.8) is 0 Å². The first-order chi connectivity index (χ1) is 9.37. The molecule has 116 valence electrons. The Bertz CT molecular complexity index is 332. The van der Waals surface area contributed by atoms with Crippen molar-refractivity contribution < 1.29 is 9.90 Å². The molecule has 0 spiro atoms. The molecule has 20 heavy (non-hydrogen) atoms. The van der Waals surface area contributed by atoms with Crippen LogP contribution in [-0.4, -0.2) is 65.8 Å². The van der Waals surface area contributed by atoms with Crippen LogP contribution in [0.1, 0.15) is 40.0 Å². The fourth-order valence-corrected chi connectivity index (χ4v) is 3.03. The van der Waals surface area contributed by atoms with Gasteiger partial charge >= 0.3 is 6.03 Å². The third kappa shape index (κ3) is 4.63. The van der Waals surface area contributed by atoms with E-state index >= 15 is 0 Å². The number of nitrogens with one attached hydrogen (secondary N) is 1. The molecule has 0 radical (unpaired) electrons. The molecule has 0 aromatic carbocycles. The number of hydrogen-bond donors (Lipinski definition) is 2. The highest BCUT2D eigenvalue weighted by molar-refractivity contribution is 5.74. The minimum atomic E-state index is -0.330. The van der Waals surface area contributed by atoms with Crippen molar-refractivity contribution in [1.29, 1.82) is 0 Å². The van der Waals surface area contributed by atoms with Crippen molar-refractivity contribution in [3.8, 4) is 0 Å². The van der Waals surface area contributed by atoms with Crippen LogP contribution in [0.5, 0.6) is 0 Å². The van der Waals surface area contributed by atoms with E-state index in [1.54, 1.807) is 6.92 Å². The number of aliphatic hydroxyl groups excluding tert-OH is 1. The van der Waals surface area contributed by atoms with Crippen LogP contribution in [0.4, 0.5) is 4.79 Å². The fourth-order valence-electron chi connectivity index (χ4n) is 3.03. The van der Waals surface area contributed by atoms with Gasteiger partial charge in [-0.2, -0.15) is 0 Å². The average molecular weight is 283 g/mol. The summed E-state index contributed by atoms with van der Waals surface area (Å²) < 4.78 is 0. The first-order valence-electron chi connectivity index (χ1n) is 7.82. The lowest BCUT2D eigenvalue weighted by molar-refractivity contribution is 0.118. The molecular formula is C15H29N3O2. The molecule has 2 amide bonds. The Morgan fingerprint density at radius 3 is 2.40 bits per heavy atom. The highest BCUT2D eigenvalue weighted by Crippen LogP contribution is 2.27. The Morgan fingerprint density at radius 2 is 1.90 bits per heavy atom. The first-order valence-corrected chi connectivity index (χ1v) is 7.82. The van der Waals surface area contributed by atoms with Crippen LogP contribution >= 0.6 is 0 Å². The third-order valence-electron chi connectivity index (χ3n) is 4.23. The molecule has 1 saturated carbocycles. The summed E-state index contributed by atoms with van der Waals surface area (Å²) in [4.78, 5) is 16.6. The first kappa shape index (κ1) is 15.6. The number of carbonyl (C=O) groups excluding carboxylic acids is 1. The molecule has 5 heteroatoms. The van der Waals surface area contributed by atoms with Gasteiger partial charge in [-0.3, -0.25) is 4.90 Å². The topological polar surface area (TPSA) is 55.8 Å². The summed E-state index contributed by atoms with van der Waals surface area (Å²) in [6.07, 6.45) is 3.03. The Balaban J connectivity index is 1.69. The van der Waals surface area contributed by atoms with E-state index in [1.165, 1.54) is 12.8 Å². The monoisotopic (exact) mass is 283 g/mol. The Kier molecular flexibility index (Phi) is 4.91. The van der Waals surface area contributed by atoms with Crippen molar-refractivity contribution in [2.24, 2.45) is 5.41 Å². The van der Waals surface area contributed by atoms with E-state index in [2.05, 4.69) is 24.1 Å². The molecule has 2 rings (SSSR count). The highest BCUT2D eigenvalue weighted by Gasteiger charge is 2.32. The maximum absolute atomic E-state index is 12.2. The largest absolute Gasteiger partial charge is 0.393 e. The molecule has 0 aromatic heterocycles. The van der Waals surface area contributed by atoms with E-state index in [1.807, 2.05) is 4.90 Å². The summed E-state index contributed by atoms with van der Waals surface area (Å²) in [6, 6.07) is 0.837. The smallest absolute Gasteiger partial charge is 0.317 e. The quantitative estimate of drug-likeness (QED) is 0.799. The minimum Gasteiger partial charge on any atom is -0.393 e. The molecule has 1 atom stereocenters. The number of urea groups is 1. The van der Waals surface area contributed by atoms with E-state index < -0.39 is 0 Å². The zero-order chi connectivity index (χ0) is 14.8. The second kappa shape index (κ2) is 6.31. The van der Waals surface area contributed by atoms with Gasteiger partial charge in [0.05, 0.1) is 6.10 Å². The van der Waals surface area contributed by atoms with Gasteiger partial charge in [0.25, 0.3) is 0 Å². The Labute approximate surface area is 122 Å². The van der Waals surface area contributed by atoms with Gasteiger partial charge in [0, 0.05) is 38.8 Å². The van der Waals surface area contributed by atoms with Crippen molar-refractivity contribution in [2.75, 3.05) is 32.7 Å². The molecule has 2 aliphatic rings. The van der Waals surface area contributed by atoms with E-state index in [0.717, 1.165) is 32.2 Å².